The number of hydrogen-bond acceptors (Lipinski definition) is 3. The third-order valence-corrected chi connectivity index (χ3v) is 4.01. The summed E-state index contributed by atoms with van der Waals surface area (Å²) in [4.78, 5) is 24.3. The number of amides is 1. The van der Waals surface area contributed by atoms with E-state index < -0.39 is 4.92 Å². The molecular weight excluding hydrogens is 292 g/mol. The van der Waals surface area contributed by atoms with Gasteiger partial charge in [0.25, 0.3) is 5.69 Å². The molecule has 1 aliphatic rings. The molecule has 0 atom stereocenters. The second kappa shape index (κ2) is 7.41. The molecular formula is C15H19ClN2O3. The Labute approximate surface area is 129 Å². The second-order valence-electron chi connectivity index (χ2n) is 5.22. The van der Waals surface area contributed by atoms with Gasteiger partial charge in [-0.2, -0.15) is 0 Å². The number of fused-ring (bicyclic) bond motifs is 1. The van der Waals surface area contributed by atoms with E-state index in [0.29, 0.717) is 25.3 Å². The van der Waals surface area contributed by atoms with Gasteiger partial charge in [0.1, 0.15) is 0 Å². The van der Waals surface area contributed by atoms with Crippen LogP contribution < -0.4 is 4.90 Å². The van der Waals surface area contributed by atoms with E-state index in [9.17, 15) is 14.9 Å². The van der Waals surface area contributed by atoms with Gasteiger partial charge in [0.2, 0.25) is 5.91 Å². The first kappa shape index (κ1) is 15.8. The average molecular weight is 311 g/mol. The number of nitro groups is 1. The van der Waals surface area contributed by atoms with E-state index >= 15 is 0 Å². The van der Waals surface area contributed by atoms with Gasteiger partial charge in [0.05, 0.1) is 4.92 Å². The molecule has 0 aliphatic carbocycles. The monoisotopic (exact) mass is 310 g/mol. The van der Waals surface area contributed by atoms with Crippen LogP contribution in [0.1, 0.15) is 37.7 Å². The lowest BCUT2D eigenvalue weighted by Gasteiger charge is -2.29. The predicted molar refractivity (Wildman–Crippen MR) is 83.0 cm³/mol. The van der Waals surface area contributed by atoms with E-state index in [2.05, 4.69) is 0 Å². The third kappa shape index (κ3) is 3.94. The summed E-state index contributed by atoms with van der Waals surface area (Å²) < 4.78 is 0. The van der Waals surface area contributed by atoms with Crippen molar-refractivity contribution in [3.63, 3.8) is 0 Å². The lowest BCUT2D eigenvalue weighted by Crippen LogP contribution is -2.35. The number of hydrogen-bond donors (Lipinski definition) is 0. The highest BCUT2D eigenvalue weighted by molar-refractivity contribution is 6.17. The predicted octanol–water partition coefficient (Wildman–Crippen LogP) is 3.67. The number of carbonyl (C=O) groups excluding carboxylic acids is 1. The first-order chi connectivity index (χ1) is 10.1. The molecule has 0 radical (unpaired) electrons. The fourth-order valence-electron chi connectivity index (χ4n) is 2.62. The lowest BCUT2D eigenvalue weighted by molar-refractivity contribution is -0.384. The van der Waals surface area contributed by atoms with Gasteiger partial charge in [0, 0.05) is 36.7 Å². The summed E-state index contributed by atoms with van der Waals surface area (Å²) in [5, 5.41) is 10.8. The molecule has 0 spiro atoms. The van der Waals surface area contributed by atoms with Gasteiger partial charge >= 0.3 is 0 Å². The molecule has 1 amide bonds. The number of carbonyl (C=O) groups is 1. The minimum absolute atomic E-state index is 0.0881. The van der Waals surface area contributed by atoms with Crippen molar-refractivity contribution in [1.29, 1.82) is 0 Å². The number of aryl methyl sites for hydroxylation is 1. The SMILES string of the molecule is O=C1CCc2cc([N+](=O)[O-])ccc2N1CCCCCCCl. The van der Waals surface area contributed by atoms with E-state index in [4.69, 9.17) is 11.6 Å². The number of non-ortho nitro benzene ring substituents is 1. The first-order valence-corrected chi connectivity index (χ1v) is 7.80. The highest BCUT2D eigenvalue weighted by Crippen LogP contribution is 2.31. The Hall–Kier alpha value is -1.62. The molecule has 0 aromatic heterocycles. The van der Waals surface area contributed by atoms with Gasteiger partial charge < -0.3 is 4.90 Å². The first-order valence-electron chi connectivity index (χ1n) is 7.27. The van der Waals surface area contributed by atoms with E-state index in [0.717, 1.165) is 36.9 Å². The Kier molecular flexibility index (Phi) is 5.56. The standard InChI is InChI=1S/C15H19ClN2O3/c16-9-3-1-2-4-10-17-14-7-6-13(18(20)21)11-12(14)5-8-15(17)19/h6-7,11H,1-5,8-10H2. The number of nitrogens with zero attached hydrogens (tertiary/aromatic N) is 2. The third-order valence-electron chi connectivity index (χ3n) is 3.74. The Balaban J connectivity index is 2.05. The van der Waals surface area contributed by atoms with Crippen LogP contribution in [0.25, 0.3) is 0 Å². The summed E-state index contributed by atoms with van der Waals surface area (Å²) in [6.07, 6.45) is 5.04. The van der Waals surface area contributed by atoms with Gasteiger partial charge in [-0.1, -0.05) is 12.8 Å². The van der Waals surface area contributed by atoms with Crippen LogP contribution in [-0.4, -0.2) is 23.3 Å². The van der Waals surface area contributed by atoms with Crippen molar-refractivity contribution < 1.29 is 9.72 Å². The van der Waals surface area contributed by atoms with Crippen molar-refractivity contribution in [2.45, 2.75) is 38.5 Å². The van der Waals surface area contributed by atoms with Crippen LogP contribution in [0.4, 0.5) is 11.4 Å². The maximum absolute atomic E-state index is 12.1. The van der Waals surface area contributed by atoms with Crippen molar-refractivity contribution in [3.05, 3.63) is 33.9 Å². The van der Waals surface area contributed by atoms with Gasteiger partial charge in [-0.25, -0.2) is 0 Å². The van der Waals surface area contributed by atoms with E-state index in [1.165, 1.54) is 6.07 Å². The summed E-state index contributed by atoms with van der Waals surface area (Å²) in [5.74, 6) is 0.781. The van der Waals surface area contributed by atoms with Crippen molar-refractivity contribution in [2.75, 3.05) is 17.3 Å². The summed E-state index contributed by atoms with van der Waals surface area (Å²) in [7, 11) is 0. The molecule has 0 unspecified atom stereocenters. The van der Waals surface area contributed by atoms with Crippen LogP contribution in [0.15, 0.2) is 18.2 Å². The number of benzene rings is 1. The molecule has 0 bridgehead atoms. The highest BCUT2D eigenvalue weighted by Gasteiger charge is 2.25. The molecule has 21 heavy (non-hydrogen) atoms. The molecule has 0 saturated carbocycles. The van der Waals surface area contributed by atoms with E-state index in [1.807, 2.05) is 0 Å². The van der Waals surface area contributed by atoms with Crippen LogP contribution in [-0.2, 0) is 11.2 Å². The fourth-order valence-corrected chi connectivity index (χ4v) is 2.81. The average Bonchev–Trinajstić information content (AvgIpc) is 2.48. The number of unbranched alkanes of at least 4 members (excludes halogenated alkanes) is 3. The smallest absolute Gasteiger partial charge is 0.269 e. The summed E-state index contributed by atoms with van der Waals surface area (Å²) in [6, 6.07) is 4.75. The molecule has 1 aliphatic heterocycles. The zero-order valence-corrected chi connectivity index (χ0v) is 12.6. The minimum atomic E-state index is -0.396. The number of alkyl halides is 1. The van der Waals surface area contributed by atoms with Crippen LogP contribution in [0.5, 0.6) is 0 Å². The Morgan fingerprint density at radius 2 is 1.95 bits per heavy atom. The van der Waals surface area contributed by atoms with Gasteiger partial charge in [0.15, 0.2) is 0 Å². The zero-order valence-electron chi connectivity index (χ0n) is 11.9. The zero-order chi connectivity index (χ0) is 15.2. The molecule has 1 heterocycles. The maximum atomic E-state index is 12.1. The molecule has 6 heteroatoms. The number of anilines is 1. The largest absolute Gasteiger partial charge is 0.312 e. The second-order valence-corrected chi connectivity index (χ2v) is 5.60. The molecule has 5 nitrogen and oxygen atoms in total. The molecule has 0 fully saturated rings. The molecule has 1 aromatic carbocycles. The molecule has 0 saturated heterocycles. The van der Waals surface area contributed by atoms with Crippen molar-refractivity contribution in [3.8, 4) is 0 Å². The Bertz CT molecular complexity index is 534. The molecule has 0 N–H and O–H groups in total. The lowest BCUT2D eigenvalue weighted by atomic mass is 10.00. The minimum Gasteiger partial charge on any atom is -0.312 e. The van der Waals surface area contributed by atoms with Gasteiger partial charge in [-0.15, -0.1) is 11.6 Å². The summed E-state index contributed by atoms with van der Waals surface area (Å²) in [5.41, 5.74) is 1.81. The van der Waals surface area contributed by atoms with Gasteiger partial charge in [-0.3, -0.25) is 14.9 Å². The molecule has 2 rings (SSSR count). The van der Waals surface area contributed by atoms with Gasteiger partial charge in [-0.05, 0) is 30.9 Å². The van der Waals surface area contributed by atoms with E-state index in [-0.39, 0.29) is 11.6 Å². The Morgan fingerprint density at radius 3 is 2.67 bits per heavy atom. The highest BCUT2D eigenvalue weighted by atomic mass is 35.5. The maximum Gasteiger partial charge on any atom is 0.269 e. The summed E-state index contributed by atoms with van der Waals surface area (Å²) in [6.45, 7) is 0.673. The van der Waals surface area contributed by atoms with Crippen molar-refractivity contribution in [1.82, 2.24) is 0 Å². The number of nitro benzene ring substituents is 1. The van der Waals surface area contributed by atoms with Crippen LogP contribution in [0.2, 0.25) is 0 Å². The molecule has 1 aromatic rings. The van der Waals surface area contributed by atoms with Crippen LogP contribution in [0, 0.1) is 10.1 Å². The topological polar surface area (TPSA) is 63.4 Å². The summed E-state index contributed by atoms with van der Waals surface area (Å²) >= 11 is 5.64. The van der Waals surface area contributed by atoms with Crippen LogP contribution >= 0.6 is 11.6 Å². The fraction of sp³-hybridized carbons (Fsp3) is 0.533. The van der Waals surface area contributed by atoms with Crippen molar-refractivity contribution in [2.24, 2.45) is 0 Å². The van der Waals surface area contributed by atoms with Crippen molar-refractivity contribution >= 4 is 28.9 Å². The number of rotatable bonds is 7. The normalized spacial score (nSPS) is 14.1. The Morgan fingerprint density at radius 1 is 1.19 bits per heavy atom. The van der Waals surface area contributed by atoms with Crippen LogP contribution in [0.3, 0.4) is 0 Å². The van der Waals surface area contributed by atoms with E-state index in [1.54, 1.807) is 17.0 Å². The molecule has 114 valence electrons. The number of halogens is 1. The quantitative estimate of drug-likeness (QED) is 0.334.